The van der Waals surface area contributed by atoms with Crippen LogP contribution in [0.2, 0.25) is 0 Å². The van der Waals surface area contributed by atoms with Gasteiger partial charge in [0.05, 0.1) is 18.4 Å². The topological polar surface area (TPSA) is 64.7 Å². The first-order chi connectivity index (χ1) is 5.75. The first-order valence-corrected chi connectivity index (χ1v) is 3.82. The van der Waals surface area contributed by atoms with Gasteiger partial charge in [-0.05, 0) is 12.8 Å². The summed E-state index contributed by atoms with van der Waals surface area (Å²) in [4.78, 5) is 15.1. The van der Waals surface area contributed by atoms with Crippen LogP contribution in [0.1, 0.15) is 12.8 Å². The molecule has 1 aliphatic rings. The van der Waals surface area contributed by atoms with Gasteiger partial charge in [-0.1, -0.05) is 0 Å². The van der Waals surface area contributed by atoms with Crippen molar-refractivity contribution in [1.29, 1.82) is 0 Å². The summed E-state index contributed by atoms with van der Waals surface area (Å²) in [5.74, 6) is -0.346. The number of allylic oxidation sites excluding steroid dienone is 1. The summed E-state index contributed by atoms with van der Waals surface area (Å²) in [6.45, 7) is 0.723. The monoisotopic (exact) mass is 168 g/mol. The van der Waals surface area contributed by atoms with E-state index in [-0.39, 0.29) is 5.97 Å². The van der Waals surface area contributed by atoms with E-state index in [2.05, 4.69) is 9.73 Å². The maximum Gasteiger partial charge on any atom is 0.335 e. The fraction of sp³-hybridized carbons (Fsp3) is 0.500. The van der Waals surface area contributed by atoms with Crippen LogP contribution in [0.3, 0.4) is 0 Å². The molecule has 2 N–H and O–H groups in total. The number of ether oxygens (including phenoxy) is 1. The maximum atomic E-state index is 11.1. The fourth-order valence-electron chi connectivity index (χ4n) is 1.08. The van der Waals surface area contributed by atoms with Crippen molar-refractivity contribution in [3.63, 3.8) is 0 Å². The number of esters is 1. The second-order valence-electron chi connectivity index (χ2n) is 2.56. The molecule has 0 saturated heterocycles. The van der Waals surface area contributed by atoms with Crippen LogP contribution in [0.5, 0.6) is 0 Å². The number of nitrogens with zero attached hydrogens (tertiary/aromatic N) is 1. The molecular formula is C8H12N2O2. The van der Waals surface area contributed by atoms with E-state index >= 15 is 0 Å². The first kappa shape index (κ1) is 8.77. The standard InChI is InChI=1S/C8H12N2O2/c1-12-8(11)6-3-2-4-10-5-7(6)9/h5H,2-4,9H2,1H3. The summed E-state index contributed by atoms with van der Waals surface area (Å²) < 4.78 is 4.58. The predicted molar refractivity (Wildman–Crippen MR) is 45.8 cm³/mol. The maximum absolute atomic E-state index is 11.1. The summed E-state index contributed by atoms with van der Waals surface area (Å²) in [6.07, 6.45) is 3.03. The van der Waals surface area contributed by atoms with Crippen molar-refractivity contribution >= 4 is 12.2 Å². The third-order valence-electron chi connectivity index (χ3n) is 1.72. The number of rotatable bonds is 1. The van der Waals surface area contributed by atoms with E-state index < -0.39 is 0 Å². The van der Waals surface area contributed by atoms with Crippen LogP contribution in [0.15, 0.2) is 16.3 Å². The minimum Gasteiger partial charge on any atom is -0.466 e. The van der Waals surface area contributed by atoms with Crippen molar-refractivity contribution in [2.45, 2.75) is 12.8 Å². The van der Waals surface area contributed by atoms with Gasteiger partial charge in [-0.3, -0.25) is 4.99 Å². The zero-order valence-corrected chi connectivity index (χ0v) is 7.04. The third-order valence-corrected chi connectivity index (χ3v) is 1.72. The van der Waals surface area contributed by atoms with E-state index in [1.165, 1.54) is 13.3 Å². The minimum atomic E-state index is -0.346. The molecule has 0 bridgehead atoms. The van der Waals surface area contributed by atoms with Gasteiger partial charge in [0.25, 0.3) is 0 Å². The number of carbonyl (C=O) groups is 1. The zero-order chi connectivity index (χ0) is 8.97. The molecule has 0 spiro atoms. The van der Waals surface area contributed by atoms with E-state index in [0.717, 1.165) is 13.0 Å². The minimum absolute atomic E-state index is 0.346. The fourth-order valence-corrected chi connectivity index (χ4v) is 1.08. The SMILES string of the molecule is COC(=O)C1=C(N)C=NCCC1. The molecule has 66 valence electrons. The van der Waals surface area contributed by atoms with Gasteiger partial charge in [0.1, 0.15) is 0 Å². The lowest BCUT2D eigenvalue weighted by molar-refractivity contribution is -0.136. The van der Waals surface area contributed by atoms with Crippen molar-refractivity contribution in [3.8, 4) is 0 Å². The smallest absolute Gasteiger partial charge is 0.335 e. The molecule has 1 rings (SSSR count). The molecule has 0 saturated carbocycles. The number of hydrogen-bond donors (Lipinski definition) is 1. The molecule has 1 aliphatic heterocycles. The van der Waals surface area contributed by atoms with Crippen LogP contribution >= 0.6 is 0 Å². The summed E-state index contributed by atoms with van der Waals surface area (Å²) in [5.41, 5.74) is 6.56. The van der Waals surface area contributed by atoms with Gasteiger partial charge in [-0.25, -0.2) is 4.79 Å². The Morgan fingerprint density at radius 2 is 2.50 bits per heavy atom. The van der Waals surface area contributed by atoms with E-state index in [4.69, 9.17) is 5.73 Å². The molecule has 0 aromatic carbocycles. The molecule has 0 fully saturated rings. The summed E-state index contributed by atoms with van der Waals surface area (Å²) in [5, 5.41) is 0. The summed E-state index contributed by atoms with van der Waals surface area (Å²) in [7, 11) is 1.35. The number of hydrogen-bond acceptors (Lipinski definition) is 4. The van der Waals surface area contributed by atoms with Crippen molar-refractivity contribution in [2.24, 2.45) is 10.7 Å². The Labute approximate surface area is 71.1 Å². The molecule has 4 nitrogen and oxygen atoms in total. The Balaban J connectivity index is 2.84. The Kier molecular flexibility index (Phi) is 2.85. The molecule has 0 atom stereocenters. The van der Waals surface area contributed by atoms with Gasteiger partial charge in [0, 0.05) is 12.8 Å². The van der Waals surface area contributed by atoms with Crippen LogP contribution in [0.4, 0.5) is 0 Å². The van der Waals surface area contributed by atoms with Gasteiger partial charge in [-0.15, -0.1) is 0 Å². The van der Waals surface area contributed by atoms with Crippen LogP contribution < -0.4 is 5.73 Å². The zero-order valence-electron chi connectivity index (χ0n) is 7.04. The Hall–Kier alpha value is -1.32. The molecule has 0 aromatic heterocycles. The molecule has 0 aliphatic carbocycles. The number of methoxy groups -OCH3 is 1. The van der Waals surface area contributed by atoms with Crippen molar-refractivity contribution in [1.82, 2.24) is 0 Å². The molecule has 0 amide bonds. The Morgan fingerprint density at radius 1 is 1.75 bits per heavy atom. The lowest BCUT2D eigenvalue weighted by Crippen LogP contribution is -2.12. The van der Waals surface area contributed by atoms with Crippen molar-refractivity contribution < 1.29 is 9.53 Å². The predicted octanol–water partition coefficient (Wildman–Crippen LogP) is 0.237. The highest BCUT2D eigenvalue weighted by atomic mass is 16.5. The van der Waals surface area contributed by atoms with E-state index in [9.17, 15) is 4.79 Å². The van der Waals surface area contributed by atoms with Gasteiger partial charge < -0.3 is 10.5 Å². The third kappa shape index (κ3) is 1.84. The number of aliphatic imine (C=N–C) groups is 1. The van der Waals surface area contributed by atoms with Crippen LogP contribution in [0.25, 0.3) is 0 Å². The van der Waals surface area contributed by atoms with Crippen LogP contribution in [0, 0.1) is 0 Å². The van der Waals surface area contributed by atoms with Crippen molar-refractivity contribution in [2.75, 3.05) is 13.7 Å². The summed E-state index contributed by atoms with van der Waals surface area (Å²) >= 11 is 0. The van der Waals surface area contributed by atoms with Gasteiger partial charge >= 0.3 is 5.97 Å². The number of nitrogens with two attached hydrogens (primary N) is 1. The average Bonchev–Trinajstić information content (AvgIpc) is 2.28. The van der Waals surface area contributed by atoms with Gasteiger partial charge in [-0.2, -0.15) is 0 Å². The van der Waals surface area contributed by atoms with Crippen LogP contribution in [-0.2, 0) is 9.53 Å². The lowest BCUT2D eigenvalue weighted by atomic mass is 10.1. The largest absolute Gasteiger partial charge is 0.466 e. The lowest BCUT2D eigenvalue weighted by Gasteiger charge is -2.03. The molecule has 4 heteroatoms. The van der Waals surface area contributed by atoms with E-state index in [0.29, 0.717) is 17.7 Å². The molecule has 1 heterocycles. The quantitative estimate of drug-likeness (QED) is 0.570. The highest BCUT2D eigenvalue weighted by molar-refractivity contribution is 5.96. The highest BCUT2D eigenvalue weighted by Crippen LogP contribution is 2.11. The molecule has 0 unspecified atom stereocenters. The number of carbonyl (C=O) groups excluding carboxylic acids is 1. The van der Waals surface area contributed by atoms with E-state index in [1.807, 2.05) is 0 Å². The average molecular weight is 168 g/mol. The molecule has 0 radical (unpaired) electrons. The molecule has 0 aromatic rings. The second-order valence-corrected chi connectivity index (χ2v) is 2.56. The summed E-state index contributed by atoms with van der Waals surface area (Å²) in [6, 6.07) is 0. The Morgan fingerprint density at radius 3 is 3.17 bits per heavy atom. The second kappa shape index (κ2) is 3.90. The molecule has 12 heavy (non-hydrogen) atoms. The molecular weight excluding hydrogens is 156 g/mol. The highest BCUT2D eigenvalue weighted by Gasteiger charge is 2.14. The Bertz CT molecular complexity index is 243. The van der Waals surface area contributed by atoms with Crippen LogP contribution in [-0.4, -0.2) is 25.8 Å². The van der Waals surface area contributed by atoms with Gasteiger partial charge in [0.15, 0.2) is 0 Å². The van der Waals surface area contributed by atoms with Crippen molar-refractivity contribution in [3.05, 3.63) is 11.3 Å². The van der Waals surface area contributed by atoms with E-state index in [1.54, 1.807) is 0 Å². The first-order valence-electron chi connectivity index (χ1n) is 3.82. The normalized spacial score (nSPS) is 17.4. The van der Waals surface area contributed by atoms with Gasteiger partial charge in [0.2, 0.25) is 0 Å².